The number of fused-ring (bicyclic) bond motifs is 1. The van der Waals surface area contributed by atoms with Crippen molar-refractivity contribution in [1.29, 1.82) is 0 Å². The van der Waals surface area contributed by atoms with Crippen molar-refractivity contribution in [3.8, 4) is 0 Å². The van der Waals surface area contributed by atoms with Crippen molar-refractivity contribution < 1.29 is 4.39 Å². The summed E-state index contributed by atoms with van der Waals surface area (Å²) >= 11 is 1.56. The Morgan fingerprint density at radius 2 is 1.81 bits per heavy atom. The van der Waals surface area contributed by atoms with Gasteiger partial charge in [0.1, 0.15) is 5.82 Å². The average molecular weight is 376 g/mol. The number of aromatic nitrogens is 4. The van der Waals surface area contributed by atoms with Crippen LogP contribution in [0.1, 0.15) is 25.3 Å². The fourth-order valence-corrected chi connectivity index (χ4v) is 3.84. The maximum absolute atomic E-state index is 13.2. The van der Waals surface area contributed by atoms with E-state index < -0.39 is 5.69 Å². The molecule has 6 nitrogen and oxygen atoms in total. The van der Waals surface area contributed by atoms with Gasteiger partial charge in [0.05, 0.1) is 6.54 Å². The van der Waals surface area contributed by atoms with Gasteiger partial charge in [-0.1, -0.05) is 37.2 Å². The number of nitrogens with zero attached hydrogens (tertiary/aromatic N) is 4. The van der Waals surface area contributed by atoms with Gasteiger partial charge in [-0.15, -0.1) is 0 Å². The lowest BCUT2D eigenvalue weighted by molar-refractivity contribution is 0.625. The maximum atomic E-state index is 13.2. The van der Waals surface area contributed by atoms with Crippen LogP contribution in [0.3, 0.4) is 0 Å². The summed E-state index contributed by atoms with van der Waals surface area (Å²) in [5, 5.41) is 0.691. The van der Waals surface area contributed by atoms with Crippen molar-refractivity contribution in [2.75, 3.05) is 5.75 Å². The second-order valence-corrected chi connectivity index (χ2v) is 7.25. The number of hydrogen-bond donors (Lipinski definition) is 0. The first-order chi connectivity index (χ1) is 12.4. The number of aryl methyl sites for hydroxylation is 1. The first-order valence-electron chi connectivity index (χ1n) is 8.47. The second-order valence-electron chi connectivity index (χ2n) is 6.19. The highest BCUT2D eigenvalue weighted by Crippen LogP contribution is 2.24. The molecule has 2 heterocycles. The Hall–Kier alpha value is -2.35. The van der Waals surface area contributed by atoms with Gasteiger partial charge < -0.3 is 4.57 Å². The molecule has 8 heteroatoms. The number of hydrogen-bond acceptors (Lipinski definition) is 4. The van der Waals surface area contributed by atoms with E-state index in [9.17, 15) is 14.0 Å². The van der Waals surface area contributed by atoms with Gasteiger partial charge in [-0.3, -0.25) is 13.9 Å². The van der Waals surface area contributed by atoms with E-state index in [1.165, 1.54) is 23.7 Å². The fraction of sp³-hybridized carbons (Fsp3) is 0.389. The largest absolute Gasteiger partial charge is 0.332 e. The van der Waals surface area contributed by atoms with Gasteiger partial charge in [0.2, 0.25) is 0 Å². The summed E-state index contributed by atoms with van der Waals surface area (Å²) in [4.78, 5) is 29.5. The van der Waals surface area contributed by atoms with Crippen LogP contribution in [-0.2, 0) is 20.6 Å². The zero-order valence-corrected chi connectivity index (χ0v) is 15.8. The molecule has 0 unspecified atom stereocenters. The summed E-state index contributed by atoms with van der Waals surface area (Å²) in [6.07, 6.45) is 2.09. The number of thioether (sulfide) groups is 1. The molecule has 26 heavy (non-hydrogen) atoms. The van der Waals surface area contributed by atoms with Crippen LogP contribution in [-0.4, -0.2) is 24.4 Å². The highest BCUT2D eigenvalue weighted by atomic mass is 32.2. The van der Waals surface area contributed by atoms with Gasteiger partial charge in [0.15, 0.2) is 16.3 Å². The molecule has 1 aromatic carbocycles. The van der Waals surface area contributed by atoms with Crippen molar-refractivity contribution in [2.45, 2.75) is 31.5 Å². The molecular formula is C18H21FN4O2S. The number of imidazole rings is 1. The van der Waals surface area contributed by atoms with Crippen LogP contribution in [0.4, 0.5) is 4.39 Å². The van der Waals surface area contributed by atoms with Gasteiger partial charge in [-0.25, -0.2) is 14.2 Å². The minimum Gasteiger partial charge on any atom is -0.309 e. The van der Waals surface area contributed by atoms with Gasteiger partial charge in [-0.2, -0.15) is 0 Å². The van der Waals surface area contributed by atoms with Gasteiger partial charge in [0.25, 0.3) is 5.56 Å². The zero-order chi connectivity index (χ0) is 18.8. The van der Waals surface area contributed by atoms with E-state index in [1.54, 1.807) is 30.9 Å². The smallest absolute Gasteiger partial charge is 0.309 e. The monoisotopic (exact) mass is 376 g/mol. The first-order valence-corrected chi connectivity index (χ1v) is 9.46. The Bertz CT molecular complexity index is 1050. The minimum absolute atomic E-state index is 0.305. The predicted molar refractivity (Wildman–Crippen MR) is 101 cm³/mol. The molecule has 0 radical (unpaired) electrons. The summed E-state index contributed by atoms with van der Waals surface area (Å²) in [5.41, 5.74) is 0.843. The summed E-state index contributed by atoms with van der Waals surface area (Å²) in [7, 11) is 3.07. The van der Waals surface area contributed by atoms with Crippen molar-refractivity contribution in [2.24, 2.45) is 14.1 Å². The second kappa shape index (κ2) is 7.49. The van der Waals surface area contributed by atoms with E-state index in [4.69, 9.17) is 0 Å². The number of rotatable bonds is 6. The van der Waals surface area contributed by atoms with Crippen molar-refractivity contribution in [3.05, 3.63) is 56.5 Å². The van der Waals surface area contributed by atoms with Crippen molar-refractivity contribution >= 4 is 22.9 Å². The first kappa shape index (κ1) is 18.4. The molecule has 3 rings (SSSR count). The van der Waals surface area contributed by atoms with Gasteiger partial charge in [0, 0.05) is 19.8 Å². The molecule has 0 aliphatic heterocycles. The molecule has 0 N–H and O–H groups in total. The Labute approximate surface area is 154 Å². The lowest BCUT2D eigenvalue weighted by Gasteiger charge is -2.09. The predicted octanol–water partition coefficient (Wildman–Crippen LogP) is 2.51. The third-order valence-electron chi connectivity index (χ3n) is 4.30. The van der Waals surface area contributed by atoms with E-state index in [1.807, 2.05) is 4.57 Å². The molecule has 0 spiro atoms. The lowest BCUT2D eigenvalue weighted by atomic mass is 10.2. The van der Waals surface area contributed by atoms with E-state index in [0.29, 0.717) is 22.9 Å². The lowest BCUT2D eigenvalue weighted by Crippen LogP contribution is -2.37. The van der Waals surface area contributed by atoms with Crippen LogP contribution >= 0.6 is 11.8 Å². The molecule has 0 saturated carbocycles. The Morgan fingerprint density at radius 1 is 1.12 bits per heavy atom. The van der Waals surface area contributed by atoms with Crippen LogP contribution < -0.4 is 11.2 Å². The molecular weight excluding hydrogens is 355 g/mol. The van der Waals surface area contributed by atoms with Crippen LogP contribution in [0.15, 0.2) is 39.0 Å². The average Bonchev–Trinajstić information content (AvgIpc) is 2.99. The van der Waals surface area contributed by atoms with Gasteiger partial charge >= 0.3 is 5.69 Å². The highest BCUT2D eigenvalue weighted by molar-refractivity contribution is 7.99. The van der Waals surface area contributed by atoms with E-state index in [-0.39, 0.29) is 11.4 Å². The Balaban J connectivity index is 2.19. The third kappa shape index (κ3) is 3.33. The molecule has 0 bridgehead atoms. The van der Waals surface area contributed by atoms with Crippen molar-refractivity contribution in [3.63, 3.8) is 0 Å². The molecule has 0 aliphatic carbocycles. The molecule has 0 amide bonds. The number of halogens is 1. The van der Waals surface area contributed by atoms with E-state index in [2.05, 4.69) is 11.9 Å². The molecule has 0 atom stereocenters. The molecule has 0 aliphatic rings. The Morgan fingerprint density at radius 3 is 2.46 bits per heavy atom. The van der Waals surface area contributed by atoms with Crippen LogP contribution in [0.25, 0.3) is 11.2 Å². The van der Waals surface area contributed by atoms with E-state index in [0.717, 1.165) is 28.7 Å². The minimum atomic E-state index is -0.404. The molecule has 3 aromatic rings. The number of benzene rings is 1. The summed E-state index contributed by atoms with van der Waals surface area (Å²) in [6, 6.07) is 6.17. The fourth-order valence-electron chi connectivity index (χ4n) is 2.76. The third-order valence-corrected chi connectivity index (χ3v) is 5.36. The highest BCUT2D eigenvalue weighted by Gasteiger charge is 2.19. The SMILES string of the molecule is CCCCSc1nc2c(c(=O)n(C)c(=O)n2C)n1Cc1ccc(F)cc1. The molecule has 2 aromatic heterocycles. The standard InChI is InChI=1S/C18H21FN4O2S/c1-4-5-10-26-17-20-15-14(16(24)22(3)18(25)21(15)2)23(17)11-12-6-8-13(19)9-7-12/h6-9H,4-5,10-11H2,1-3H3. The molecule has 0 saturated heterocycles. The summed E-state index contributed by atoms with van der Waals surface area (Å²) in [6.45, 7) is 2.50. The zero-order valence-electron chi connectivity index (χ0n) is 15.0. The quantitative estimate of drug-likeness (QED) is 0.490. The van der Waals surface area contributed by atoms with Crippen LogP contribution in [0.5, 0.6) is 0 Å². The van der Waals surface area contributed by atoms with Crippen LogP contribution in [0.2, 0.25) is 0 Å². The maximum Gasteiger partial charge on any atom is 0.332 e. The number of unbranched alkanes of at least 4 members (excludes halogenated alkanes) is 1. The van der Waals surface area contributed by atoms with E-state index >= 15 is 0 Å². The normalized spacial score (nSPS) is 11.4. The topological polar surface area (TPSA) is 61.8 Å². The Kier molecular flexibility index (Phi) is 5.31. The molecule has 0 fully saturated rings. The summed E-state index contributed by atoms with van der Waals surface area (Å²) in [5.74, 6) is 0.567. The molecule has 138 valence electrons. The van der Waals surface area contributed by atoms with Gasteiger partial charge in [-0.05, 0) is 24.1 Å². The van der Waals surface area contributed by atoms with Crippen LogP contribution in [0, 0.1) is 5.82 Å². The van der Waals surface area contributed by atoms with Crippen molar-refractivity contribution in [1.82, 2.24) is 18.7 Å². The summed E-state index contributed by atoms with van der Waals surface area (Å²) < 4.78 is 17.5.